The molecule has 0 aliphatic heterocycles. The van der Waals surface area contributed by atoms with E-state index in [0.717, 1.165) is 22.6 Å². The van der Waals surface area contributed by atoms with Crippen molar-refractivity contribution in [2.75, 3.05) is 4.90 Å². The van der Waals surface area contributed by atoms with Crippen LogP contribution < -0.4 is 4.90 Å². The summed E-state index contributed by atoms with van der Waals surface area (Å²) in [7, 11) is 0. The van der Waals surface area contributed by atoms with Crippen LogP contribution in [0.5, 0.6) is 0 Å². The van der Waals surface area contributed by atoms with Gasteiger partial charge in [-0.3, -0.25) is 0 Å². The third-order valence-corrected chi connectivity index (χ3v) is 7.41. The average molecular weight is 496 g/mol. The van der Waals surface area contributed by atoms with Crippen molar-refractivity contribution >= 4 is 27.8 Å². The van der Waals surface area contributed by atoms with Crippen LogP contribution in [0.25, 0.3) is 44.2 Å². The van der Waals surface area contributed by atoms with Crippen molar-refractivity contribution in [3.63, 3.8) is 0 Å². The number of nitrogens with zero attached hydrogens (tertiary/aromatic N) is 3. The standard InChI is InChI=1S/C36H21N3/c37-22-24-18-25(23-38)20-29(19-24)39(27-9-2-1-3-10-27)28-11-6-8-26(21-28)30-16-17-35-32-13-5-4-12-31(32)34-15-7-14-33(30)36(34)35/h1-21H. The number of para-hydroxylation sites is 1. The van der Waals surface area contributed by atoms with Crippen LogP contribution in [0.3, 0.4) is 0 Å². The predicted octanol–water partition coefficient (Wildman–Crippen LogP) is 9.37. The van der Waals surface area contributed by atoms with Crippen LogP contribution >= 0.6 is 0 Å². The Morgan fingerprint density at radius 3 is 1.74 bits per heavy atom. The van der Waals surface area contributed by atoms with Crippen LogP contribution in [0, 0.1) is 22.7 Å². The number of rotatable bonds is 4. The molecule has 3 nitrogen and oxygen atoms in total. The summed E-state index contributed by atoms with van der Waals surface area (Å²) in [5.41, 5.74) is 11.0. The van der Waals surface area contributed by atoms with Gasteiger partial charge in [0, 0.05) is 17.1 Å². The summed E-state index contributed by atoms with van der Waals surface area (Å²) < 4.78 is 0. The fourth-order valence-electron chi connectivity index (χ4n) is 5.77. The summed E-state index contributed by atoms with van der Waals surface area (Å²) in [6.45, 7) is 0. The SMILES string of the molecule is N#Cc1cc(C#N)cc(N(c2ccccc2)c2cccc(-c3ccc4c5c(cccc35)-c3ccccc3-4)c2)c1. The Morgan fingerprint density at radius 2 is 1.03 bits per heavy atom. The summed E-state index contributed by atoms with van der Waals surface area (Å²) >= 11 is 0. The van der Waals surface area contributed by atoms with Gasteiger partial charge in [0.05, 0.1) is 23.3 Å². The molecule has 0 atom stereocenters. The Bertz CT molecular complexity index is 1930. The predicted molar refractivity (Wildman–Crippen MR) is 158 cm³/mol. The van der Waals surface area contributed by atoms with Crippen LogP contribution in [0.2, 0.25) is 0 Å². The molecule has 1 aliphatic carbocycles. The van der Waals surface area contributed by atoms with Crippen molar-refractivity contribution in [1.29, 1.82) is 10.5 Å². The van der Waals surface area contributed by atoms with Gasteiger partial charge in [-0.05, 0) is 86.6 Å². The van der Waals surface area contributed by atoms with E-state index in [0.29, 0.717) is 11.1 Å². The molecule has 0 aromatic heterocycles. The molecule has 0 heterocycles. The van der Waals surface area contributed by atoms with E-state index in [2.05, 4.69) is 95.9 Å². The number of anilines is 3. The van der Waals surface area contributed by atoms with E-state index in [1.807, 2.05) is 42.5 Å². The quantitative estimate of drug-likeness (QED) is 0.244. The zero-order chi connectivity index (χ0) is 26.3. The Hall–Kier alpha value is -5.64. The van der Waals surface area contributed by atoms with Crippen molar-refractivity contribution in [3.05, 3.63) is 139 Å². The van der Waals surface area contributed by atoms with E-state index in [1.54, 1.807) is 6.07 Å². The summed E-state index contributed by atoms with van der Waals surface area (Å²) in [6.07, 6.45) is 0. The molecule has 0 amide bonds. The third kappa shape index (κ3) is 3.65. The lowest BCUT2D eigenvalue weighted by atomic mass is 9.94. The third-order valence-electron chi connectivity index (χ3n) is 7.41. The molecule has 0 saturated heterocycles. The topological polar surface area (TPSA) is 50.8 Å². The van der Waals surface area contributed by atoms with E-state index in [1.165, 1.54) is 38.6 Å². The zero-order valence-corrected chi connectivity index (χ0v) is 21.0. The van der Waals surface area contributed by atoms with Gasteiger partial charge in [0.1, 0.15) is 0 Å². The van der Waals surface area contributed by atoms with E-state index in [9.17, 15) is 10.5 Å². The molecule has 6 aromatic rings. The molecule has 1 aliphatic rings. The molecule has 0 bridgehead atoms. The molecule has 0 unspecified atom stereocenters. The molecule has 0 N–H and O–H groups in total. The number of fused-ring (bicyclic) bond motifs is 3. The van der Waals surface area contributed by atoms with Gasteiger partial charge in [-0.15, -0.1) is 0 Å². The number of nitriles is 2. The smallest absolute Gasteiger partial charge is 0.0992 e. The number of benzene rings is 6. The van der Waals surface area contributed by atoms with Crippen molar-refractivity contribution in [1.82, 2.24) is 0 Å². The molecule has 6 aromatic carbocycles. The first kappa shape index (κ1) is 22.5. The molecular weight excluding hydrogens is 474 g/mol. The Balaban J connectivity index is 1.42. The average Bonchev–Trinajstić information content (AvgIpc) is 3.33. The first-order chi connectivity index (χ1) is 19.2. The van der Waals surface area contributed by atoms with Crippen molar-refractivity contribution < 1.29 is 0 Å². The lowest BCUT2D eigenvalue weighted by Crippen LogP contribution is -2.10. The normalized spacial score (nSPS) is 11.0. The Kier molecular flexibility index (Phi) is 5.22. The molecule has 180 valence electrons. The second-order valence-corrected chi connectivity index (χ2v) is 9.65. The number of hydrogen-bond donors (Lipinski definition) is 0. The molecule has 7 rings (SSSR count). The van der Waals surface area contributed by atoms with Gasteiger partial charge in [-0.2, -0.15) is 10.5 Å². The second-order valence-electron chi connectivity index (χ2n) is 9.65. The Morgan fingerprint density at radius 1 is 0.436 bits per heavy atom. The van der Waals surface area contributed by atoms with Gasteiger partial charge in [0.2, 0.25) is 0 Å². The van der Waals surface area contributed by atoms with Crippen molar-refractivity contribution in [2.45, 2.75) is 0 Å². The van der Waals surface area contributed by atoms with E-state index in [-0.39, 0.29) is 0 Å². The minimum atomic E-state index is 0.452. The van der Waals surface area contributed by atoms with Crippen LogP contribution in [0.1, 0.15) is 11.1 Å². The highest BCUT2D eigenvalue weighted by atomic mass is 15.1. The highest BCUT2D eigenvalue weighted by molar-refractivity contribution is 6.18. The van der Waals surface area contributed by atoms with Gasteiger partial charge in [0.15, 0.2) is 0 Å². The van der Waals surface area contributed by atoms with Crippen LogP contribution in [-0.4, -0.2) is 0 Å². The molecule has 0 radical (unpaired) electrons. The molecular formula is C36H21N3. The maximum absolute atomic E-state index is 9.64. The van der Waals surface area contributed by atoms with Gasteiger partial charge < -0.3 is 4.90 Å². The Labute approximate surface area is 227 Å². The van der Waals surface area contributed by atoms with E-state index in [4.69, 9.17) is 0 Å². The highest BCUT2D eigenvalue weighted by Crippen LogP contribution is 2.49. The van der Waals surface area contributed by atoms with Crippen LogP contribution in [0.15, 0.2) is 127 Å². The number of hydrogen-bond acceptors (Lipinski definition) is 3. The second kappa shape index (κ2) is 9.03. The van der Waals surface area contributed by atoms with E-state index < -0.39 is 0 Å². The molecule has 0 fully saturated rings. The van der Waals surface area contributed by atoms with Gasteiger partial charge in [0.25, 0.3) is 0 Å². The van der Waals surface area contributed by atoms with Crippen LogP contribution in [-0.2, 0) is 0 Å². The molecule has 3 heteroatoms. The summed E-state index contributed by atoms with van der Waals surface area (Å²) in [5, 5.41) is 21.8. The zero-order valence-electron chi connectivity index (χ0n) is 21.0. The largest absolute Gasteiger partial charge is 0.310 e. The van der Waals surface area contributed by atoms with E-state index >= 15 is 0 Å². The van der Waals surface area contributed by atoms with Crippen LogP contribution in [0.4, 0.5) is 17.1 Å². The first-order valence-electron chi connectivity index (χ1n) is 12.8. The summed E-state index contributed by atoms with van der Waals surface area (Å²) in [6, 6.07) is 47.8. The van der Waals surface area contributed by atoms with Gasteiger partial charge in [-0.1, -0.05) is 84.9 Å². The molecule has 0 spiro atoms. The summed E-state index contributed by atoms with van der Waals surface area (Å²) in [5.74, 6) is 0. The monoisotopic (exact) mass is 495 g/mol. The minimum absolute atomic E-state index is 0.452. The van der Waals surface area contributed by atoms with Crippen molar-refractivity contribution in [3.8, 4) is 45.5 Å². The first-order valence-corrected chi connectivity index (χ1v) is 12.8. The highest BCUT2D eigenvalue weighted by Gasteiger charge is 2.22. The molecule has 39 heavy (non-hydrogen) atoms. The molecule has 0 saturated carbocycles. The fraction of sp³-hybridized carbons (Fsp3) is 0. The minimum Gasteiger partial charge on any atom is -0.310 e. The van der Waals surface area contributed by atoms with Gasteiger partial charge in [-0.25, -0.2) is 0 Å². The van der Waals surface area contributed by atoms with Gasteiger partial charge >= 0.3 is 0 Å². The summed E-state index contributed by atoms with van der Waals surface area (Å²) in [4.78, 5) is 2.10. The fourth-order valence-corrected chi connectivity index (χ4v) is 5.77. The lowest BCUT2D eigenvalue weighted by molar-refractivity contribution is 1.27. The maximum atomic E-state index is 9.64. The maximum Gasteiger partial charge on any atom is 0.0992 e. The van der Waals surface area contributed by atoms with Crippen molar-refractivity contribution in [2.24, 2.45) is 0 Å². The lowest BCUT2D eigenvalue weighted by Gasteiger charge is -2.26.